The topological polar surface area (TPSA) is 55.4 Å². The van der Waals surface area contributed by atoms with E-state index in [1.165, 1.54) is 6.07 Å². The van der Waals surface area contributed by atoms with Gasteiger partial charge in [0.25, 0.3) is 9.70 Å². The maximum atomic E-state index is 11.6. The van der Waals surface area contributed by atoms with Crippen molar-refractivity contribution in [3.8, 4) is 5.75 Å². The van der Waals surface area contributed by atoms with Gasteiger partial charge in [-0.1, -0.05) is 34.8 Å². The van der Waals surface area contributed by atoms with Gasteiger partial charge in [-0.15, -0.1) is 0 Å². The molecule has 1 amide bonds. The molecule has 0 radical (unpaired) electrons. The van der Waals surface area contributed by atoms with Crippen LogP contribution in [0.15, 0.2) is 18.2 Å². The number of benzene rings is 1. The van der Waals surface area contributed by atoms with E-state index in [0.717, 1.165) is 0 Å². The maximum Gasteiger partial charge on any atom is 0.276 e. The van der Waals surface area contributed by atoms with E-state index >= 15 is 0 Å². The number of anilines is 1. The zero-order valence-corrected chi connectivity index (χ0v) is 12.5. The Morgan fingerprint density at radius 3 is 2.47 bits per heavy atom. The van der Waals surface area contributed by atoms with Crippen LogP contribution in [0.2, 0.25) is 0 Å². The molecule has 0 aliphatic carbocycles. The Labute approximate surface area is 126 Å². The second kappa shape index (κ2) is 6.46. The normalized spacial score (nSPS) is 11.3. The first-order valence-electron chi connectivity index (χ1n) is 5.38. The lowest BCUT2D eigenvalue weighted by molar-refractivity contribution is -0.115. The van der Waals surface area contributed by atoms with Crippen LogP contribution in [-0.2, 0) is 4.79 Å². The fraction of sp³-hybridized carbons (Fsp3) is 0.333. The summed E-state index contributed by atoms with van der Waals surface area (Å²) in [5, 5.41) is 2.41. The van der Waals surface area contributed by atoms with Crippen molar-refractivity contribution >= 4 is 52.7 Å². The molecule has 0 unspecified atom stereocenters. The van der Waals surface area contributed by atoms with Gasteiger partial charge in [0.05, 0.1) is 11.8 Å². The van der Waals surface area contributed by atoms with E-state index in [1.54, 1.807) is 12.1 Å². The highest BCUT2D eigenvalue weighted by atomic mass is 35.6. The number of aldehydes is 1. The van der Waals surface area contributed by atoms with Crippen LogP contribution in [0.4, 0.5) is 5.69 Å². The van der Waals surface area contributed by atoms with E-state index in [0.29, 0.717) is 17.6 Å². The molecule has 0 atom stereocenters. The van der Waals surface area contributed by atoms with Crippen LogP contribution < -0.4 is 10.1 Å². The number of ether oxygens (including phenoxy) is 1. The number of carbonyl (C=O) groups excluding carboxylic acids is 2. The summed E-state index contributed by atoms with van der Waals surface area (Å²) < 4.78 is 3.41. The molecule has 0 aromatic heterocycles. The lowest BCUT2D eigenvalue weighted by atomic mass is 10.2. The Balaban J connectivity index is 3.07. The number of amides is 1. The Morgan fingerprint density at radius 2 is 2.00 bits per heavy atom. The van der Waals surface area contributed by atoms with Crippen LogP contribution in [0, 0.1) is 0 Å². The summed E-state index contributed by atoms with van der Waals surface area (Å²) in [6, 6.07) is 4.58. The minimum Gasteiger partial charge on any atom is -0.489 e. The third-order valence-electron chi connectivity index (χ3n) is 2.01. The van der Waals surface area contributed by atoms with E-state index in [1.807, 2.05) is 13.8 Å². The summed E-state index contributed by atoms with van der Waals surface area (Å²) >= 11 is 16.4. The third kappa shape index (κ3) is 4.90. The molecule has 1 aromatic carbocycles. The molecule has 1 rings (SSSR count). The van der Waals surface area contributed by atoms with Crippen LogP contribution in [0.3, 0.4) is 0 Å². The second-order valence-electron chi connectivity index (χ2n) is 3.99. The fourth-order valence-electron chi connectivity index (χ4n) is 1.27. The van der Waals surface area contributed by atoms with E-state index in [9.17, 15) is 9.59 Å². The summed E-state index contributed by atoms with van der Waals surface area (Å²) in [5.41, 5.74) is 0.644. The molecule has 4 nitrogen and oxygen atoms in total. The summed E-state index contributed by atoms with van der Waals surface area (Å²) in [7, 11) is 0. The van der Waals surface area contributed by atoms with Crippen molar-refractivity contribution in [3.63, 3.8) is 0 Å². The summed E-state index contributed by atoms with van der Waals surface area (Å²) in [6.07, 6.45) is 0.537. The van der Waals surface area contributed by atoms with Gasteiger partial charge in [0.1, 0.15) is 12.0 Å². The number of hydrogen-bond acceptors (Lipinski definition) is 3. The fourth-order valence-corrected chi connectivity index (χ4v) is 1.41. The lowest BCUT2D eigenvalue weighted by Crippen LogP contribution is -2.27. The molecule has 1 N–H and O–H groups in total. The lowest BCUT2D eigenvalue weighted by Gasteiger charge is -2.17. The molecule has 7 heteroatoms. The molecule has 1 aromatic rings. The smallest absolute Gasteiger partial charge is 0.276 e. The molecule has 0 saturated heterocycles. The minimum atomic E-state index is -2.09. The molecule has 0 aliphatic rings. The zero-order valence-electron chi connectivity index (χ0n) is 10.2. The van der Waals surface area contributed by atoms with E-state index in [4.69, 9.17) is 39.5 Å². The van der Waals surface area contributed by atoms with Crippen LogP contribution >= 0.6 is 34.8 Å². The first kappa shape index (κ1) is 16.1. The van der Waals surface area contributed by atoms with Gasteiger partial charge in [-0.2, -0.15) is 0 Å². The van der Waals surface area contributed by atoms with Crippen molar-refractivity contribution in [1.29, 1.82) is 0 Å². The number of hydrogen-bond donors (Lipinski definition) is 1. The first-order valence-corrected chi connectivity index (χ1v) is 6.51. The highest BCUT2D eigenvalue weighted by molar-refractivity contribution is 6.76. The number of halogens is 3. The highest BCUT2D eigenvalue weighted by Crippen LogP contribution is 2.31. The highest BCUT2D eigenvalue weighted by Gasteiger charge is 2.31. The molecule has 104 valence electrons. The van der Waals surface area contributed by atoms with Crippen LogP contribution in [-0.4, -0.2) is 22.1 Å². The Kier molecular flexibility index (Phi) is 5.47. The van der Waals surface area contributed by atoms with Crippen molar-refractivity contribution < 1.29 is 14.3 Å². The van der Waals surface area contributed by atoms with Crippen molar-refractivity contribution in [2.75, 3.05) is 5.32 Å². The number of rotatable bonds is 4. The number of alkyl halides is 3. The molecular weight excluding hydrogens is 312 g/mol. The zero-order chi connectivity index (χ0) is 14.6. The third-order valence-corrected chi connectivity index (χ3v) is 2.52. The molecular formula is C12H12Cl3NO3. The van der Waals surface area contributed by atoms with Gasteiger partial charge < -0.3 is 10.1 Å². The van der Waals surface area contributed by atoms with Gasteiger partial charge in [0, 0.05) is 5.56 Å². The molecule has 0 fully saturated rings. The Bertz CT molecular complexity index is 484. The standard InChI is InChI=1S/C12H12Cl3NO3/c1-7(2)19-10-4-3-8(6-17)5-9(10)16-11(18)12(13,14)15/h3-7H,1-2H3,(H,16,18). The van der Waals surface area contributed by atoms with Gasteiger partial charge in [0.15, 0.2) is 0 Å². The van der Waals surface area contributed by atoms with Gasteiger partial charge in [-0.25, -0.2) is 0 Å². The molecule has 19 heavy (non-hydrogen) atoms. The monoisotopic (exact) mass is 323 g/mol. The van der Waals surface area contributed by atoms with Gasteiger partial charge in [0.2, 0.25) is 0 Å². The second-order valence-corrected chi connectivity index (χ2v) is 6.27. The maximum absolute atomic E-state index is 11.6. The average molecular weight is 325 g/mol. The van der Waals surface area contributed by atoms with Crippen LogP contribution in [0.1, 0.15) is 24.2 Å². The number of carbonyl (C=O) groups is 2. The van der Waals surface area contributed by atoms with E-state index in [-0.39, 0.29) is 11.8 Å². The molecule has 0 spiro atoms. The van der Waals surface area contributed by atoms with Gasteiger partial charge in [-0.3, -0.25) is 9.59 Å². The van der Waals surface area contributed by atoms with Crippen molar-refractivity contribution in [2.45, 2.75) is 23.7 Å². The summed E-state index contributed by atoms with van der Waals surface area (Å²) in [4.78, 5) is 22.4. The van der Waals surface area contributed by atoms with E-state index in [2.05, 4.69) is 5.32 Å². The predicted octanol–water partition coefficient (Wildman–Crippen LogP) is 3.60. The number of nitrogens with one attached hydrogen (secondary N) is 1. The summed E-state index contributed by atoms with van der Waals surface area (Å²) in [5.74, 6) is -0.433. The van der Waals surface area contributed by atoms with Crippen molar-refractivity contribution in [3.05, 3.63) is 23.8 Å². The summed E-state index contributed by atoms with van der Waals surface area (Å²) in [6.45, 7) is 3.66. The predicted molar refractivity (Wildman–Crippen MR) is 76.5 cm³/mol. The largest absolute Gasteiger partial charge is 0.489 e. The average Bonchev–Trinajstić information content (AvgIpc) is 2.29. The van der Waals surface area contributed by atoms with Crippen LogP contribution in [0.5, 0.6) is 5.75 Å². The molecule has 0 aliphatic heterocycles. The molecule has 0 saturated carbocycles. The van der Waals surface area contributed by atoms with Gasteiger partial charge >= 0.3 is 0 Å². The Hall–Kier alpha value is -0.970. The van der Waals surface area contributed by atoms with Crippen LogP contribution in [0.25, 0.3) is 0 Å². The SMILES string of the molecule is CC(C)Oc1ccc(C=O)cc1NC(=O)C(Cl)(Cl)Cl. The first-order chi connectivity index (χ1) is 8.74. The van der Waals surface area contributed by atoms with E-state index < -0.39 is 9.70 Å². The minimum absolute atomic E-state index is 0.106. The quantitative estimate of drug-likeness (QED) is 0.680. The molecule has 0 bridgehead atoms. The van der Waals surface area contributed by atoms with Gasteiger partial charge in [-0.05, 0) is 32.0 Å². The van der Waals surface area contributed by atoms with Crippen molar-refractivity contribution in [2.24, 2.45) is 0 Å². The molecule has 0 heterocycles. The van der Waals surface area contributed by atoms with Crippen molar-refractivity contribution in [1.82, 2.24) is 0 Å². The Morgan fingerprint density at radius 1 is 1.37 bits per heavy atom.